The molecule has 1 atom stereocenters. The van der Waals surface area contributed by atoms with E-state index in [1.165, 1.54) is 44.1 Å². The monoisotopic (exact) mass is 261 g/mol. The molecular weight excluding hydrogens is 234 g/mol. The Labute approximate surface area is 117 Å². The van der Waals surface area contributed by atoms with Gasteiger partial charge in [-0.15, -0.1) is 0 Å². The van der Waals surface area contributed by atoms with Gasteiger partial charge in [-0.2, -0.15) is 0 Å². The first kappa shape index (κ1) is 14.5. The molecule has 0 heterocycles. The summed E-state index contributed by atoms with van der Waals surface area (Å²) in [5.41, 5.74) is 4.52. The molecule has 106 valence electrons. The maximum atomic E-state index is 5.93. The molecule has 0 aliphatic heterocycles. The number of nitrogens with one attached hydrogen (secondary N) is 1. The normalized spacial score (nSPS) is 21.1. The van der Waals surface area contributed by atoms with Gasteiger partial charge in [0.25, 0.3) is 0 Å². The van der Waals surface area contributed by atoms with Crippen LogP contribution in [-0.2, 0) is 0 Å². The molecule has 0 aromatic heterocycles. The molecule has 1 aromatic rings. The van der Waals surface area contributed by atoms with Gasteiger partial charge in [-0.1, -0.05) is 56.0 Å². The van der Waals surface area contributed by atoms with Crippen molar-refractivity contribution in [2.24, 2.45) is 5.84 Å². The van der Waals surface area contributed by atoms with Gasteiger partial charge in [0.05, 0.1) is 6.04 Å². The van der Waals surface area contributed by atoms with E-state index in [2.05, 4.69) is 54.8 Å². The standard InChI is InChI=1S/C16H27N3/c1-19(2)16(12-8-3-4-9-13-16)15(18-17)14-10-6-5-7-11-14/h5-7,10-11,15,18H,3-4,8-9,12-13,17H2,1-2H3. The molecule has 1 saturated carbocycles. The maximum Gasteiger partial charge on any atom is 0.0643 e. The minimum Gasteiger partial charge on any atom is -0.302 e. The average molecular weight is 261 g/mol. The van der Waals surface area contributed by atoms with Gasteiger partial charge < -0.3 is 4.90 Å². The third kappa shape index (κ3) is 2.99. The van der Waals surface area contributed by atoms with Gasteiger partial charge in [0.15, 0.2) is 0 Å². The Kier molecular flexibility index (Phi) is 4.97. The number of hydrogen-bond donors (Lipinski definition) is 2. The van der Waals surface area contributed by atoms with Crippen molar-refractivity contribution in [2.45, 2.75) is 50.1 Å². The van der Waals surface area contributed by atoms with Gasteiger partial charge in [-0.05, 0) is 32.5 Å². The highest BCUT2D eigenvalue weighted by Crippen LogP contribution is 2.40. The fourth-order valence-corrected chi connectivity index (χ4v) is 3.54. The first-order chi connectivity index (χ1) is 9.20. The first-order valence-electron chi connectivity index (χ1n) is 7.39. The molecule has 3 nitrogen and oxygen atoms in total. The van der Waals surface area contributed by atoms with Crippen LogP contribution in [0.15, 0.2) is 30.3 Å². The molecule has 0 spiro atoms. The summed E-state index contributed by atoms with van der Waals surface area (Å²) in [5.74, 6) is 5.93. The Hall–Kier alpha value is -0.900. The van der Waals surface area contributed by atoms with Crippen LogP contribution in [0.5, 0.6) is 0 Å². The van der Waals surface area contributed by atoms with Gasteiger partial charge in [-0.25, -0.2) is 0 Å². The van der Waals surface area contributed by atoms with Crippen molar-refractivity contribution in [3.8, 4) is 0 Å². The van der Waals surface area contributed by atoms with E-state index in [1.54, 1.807) is 0 Å². The second-order valence-electron chi connectivity index (χ2n) is 5.92. The largest absolute Gasteiger partial charge is 0.302 e. The van der Waals surface area contributed by atoms with Crippen LogP contribution in [0.2, 0.25) is 0 Å². The van der Waals surface area contributed by atoms with Crippen molar-refractivity contribution in [1.29, 1.82) is 0 Å². The quantitative estimate of drug-likeness (QED) is 0.497. The van der Waals surface area contributed by atoms with Crippen molar-refractivity contribution in [3.05, 3.63) is 35.9 Å². The molecule has 1 aromatic carbocycles. The molecule has 0 radical (unpaired) electrons. The van der Waals surface area contributed by atoms with E-state index in [0.717, 1.165) is 0 Å². The number of hydrazine groups is 1. The molecule has 0 saturated heterocycles. The average Bonchev–Trinajstić information content (AvgIpc) is 2.68. The van der Waals surface area contributed by atoms with Crippen LogP contribution in [0.3, 0.4) is 0 Å². The highest BCUT2D eigenvalue weighted by molar-refractivity contribution is 5.23. The van der Waals surface area contributed by atoms with Crippen LogP contribution < -0.4 is 11.3 Å². The summed E-state index contributed by atoms with van der Waals surface area (Å²) in [5, 5.41) is 0. The smallest absolute Gasteiger partial charge is 0.0643 e. The Morgan fingerprint density at radius 1 is 1.05 bits per heavy atom. The summed E-state index contributed by atoms with van der Waals surface area (Å²) in [6.07, 6.45) is 7.71. The number of nitrogens with zero attached hydrogens (tertiary/aromatic N) is 1. The minimum absolute atomic E-state index is 0.132. The van der Waals surface area contributed by atoms with Gasteiger partial charge in [0.1, 0.15) is 0 Å². The van der Waals surface area contributed by atoms with Crippen LogP contribution in [0.25, 0.3) is 0 Å². The summed E-state index contributed by atoms with van der Waals surface area (Å²) in [6, 6.07) is 10.8. The van der Waals surface area contributed by atoms with Crippen molar-refractivity contribution in [3.63, 3.8) is 0 Å². The molecule has 1 aliphatic carbocycles. The molecule has 19 heavy (non-hydrogen) atoms. The van der Waals surface area contributed by atoms with Crippen LogP contribution in [0, 0.1) is 0 Å². The van der Waals surface area contributed by atoms with Crippen LogP contribution in [-0.4, -0.2) is 24.5 Å². The second kappa shape index (κ2) is 6.51. The van der Waals surface area contributed by atoms with E-state index in [1.807, 2.05) is 0 Å². The third-order valence-electron chi connectivity index (χ3n) is 4.70. The van der Waals surface area contributed by atoms with E-state index < -0.39 is 0 Å². The summed E-state index contributed by atoms with van der Waals surface area (Å²) in [4.78, 5) is 2.38. The minimum atomic E-state index is 0.132. The molecule has 0 bridgehead atoms. The zero-order valence-corrected chi connectivity index (χ0v) is 12.2. The summed E-state index contributed by atoms with van der Waals surface area (Å²) in [6.45, 7) is 0. The Balaban J connectivity index is 2.35. The lowest BCUT2D eigenvalue weighted by Gasteiger charge is -2.45. The fraction of sp³-hybridized carbons (Fsp3) is 0.625. The van der Waals surface area contributed by atoms with Gasteiger partial charge in [0.2, 0.25) is 0 Å². The summed E-state index contributed by atoms with van der Waals surface area (Å²) in [7, 11) is 4.39. The Morgan fingerprint density at radius 2 is 1.63 bits per heavy atom. The SMILES string of the molecule is CN(C)C1(C(NN)c2ccccc2)CCCCCC1. The molecule has 2 rings (SSSR count). The number of nitrogens with two attached hydrogens (primary N) is 1. The van der Waals surface area contributed by atoms with E-state index in [4.69, 9.17) is 5.84 Å². The second-order valence-corrected chi connectivity index (χ2v) is 5.92. The maximum absolute atomic E-state index is 5.93. The predicted molar refractivity (Wildman–Crippen MR) is 80.6 cm³/mol. The lowest BCUT2D eigenvalue weighted by Crippen LogP contribution is -2.55. The topological polar surface area (TPSA) is 41.3 Å². The van der Waals surface area contributed by atoms with E-state index >= 15 is 0 Å². The van der Waals surface area contributed by atoms with Crippen molar-refractivity contribution in [1.82, 2.24) is 10.3 Å². The van der Waals surface area contributed by atoms with Crippen molar-refractivity contribution >= 4 is 0 Å². The predicted octanol–water partition coefficient (Wildman–Crippen LogP) is 2.85. The molecule has 0 amide bonds. The van der Waals surface area contributed by atoms with Crippen LogP contribution in [0.1, 0.15) is 50.1 Å². The van der Waals surface area contributed by atoms with E-state index in [0.29, 0.717) is 0 Å². The Morgan fingerprint density at radius 3 is 2.11 bits per heavy atom. The first-order valence-corrected chi connectivity index (χ1v) is 7.39. The zero-order chi connectivity index (χ0) is 13.7. The number of rotatable bonds is 4. The molecule has 3 heteroatoms. The molecule has 1 aliphatic rings. The highest BCUT2D eigenvalue weighted by atomic mass is 15.3. The van der Waals surface area contributed by atoms with E-state index in [-0.39, 0.29) is 11.6 Å². The molecular formula is C16H27N3. The lowest BCUT2D eigenvalue weighted by molar-refractivity contribution is 0.0800. The van der Waals surface area contributed by atoms with Crippen molar-refractivity contribution in [2.75, 3.05) is 14.1 Å². The van der Waals surface area contributed by atoms with Crippen molar-refractivity contribution < 1.29 is 0 Å². The number of hydrogen-bond acceptors (Lipinski definition) is 3. The van der Waals surface area contributed by atoms with Gasteiger partial charge in [-0.3, -0.25) is 11.3 Å². The van der Waals surface area contributed by atoms with Crippen LogP contribution in [0.4, 0.5) is 0 Å². The Bertz CT molecular complexity index is 367. The van der Waals surface area contributed by atoms with Gasteiger partial charge in [0, 0.05) is 5.54 Å². The van der Waals surface area contributed by atoms with Crippen LogP contribution >= 0.6 is 0 Å². The molecule has 1 unspecified atom stereocenters. The summed E-state index contributed by atoms with van der Waals surface area (Å²) >= 11 is 0. The highest BCUT2D eigenvalue weighted by Gasteiger charge is 2.41. The number of benzene rings is 1. The van der Waals surface area contributed by atoms with Gasteiger partial charge >= 0.3 is 0 Å². The zero-order valence-electron chi connectivity index (χ0n) is 12.2. The third-order valence-corrected chi connectivity index (χ3v) is 4.70. The number of likely N-dealkylation sites (N-methyl/N-ethyl adjacent to an activating group) is 1. The fourth-order valence-electron chi connectivity index (χ4n) is 3.54. The molecule has 1 fully saturated rings. The van der Waals surface area contributed by atoms with E-state index in [9.17, 15) is 0 Å². The molecule has 3 N–H and O–H groups in total. The lowest BCUT2D eigenvalue weighted by atomic mass is 9.78. The summed E-state index contributed by atoms with van der Waals surface area (Å²) < 4.78 is 0.